The third-order valence-electron chi connectivity index (χ3n) is 6.88. The molecule has 0 saturated heterocycles. The van der Waals surface area contributed by atoms with E-state index in [2.05, 4.69) is 5.32 Å². The van der Waals surface area contributed by atoms with E-state index in [0.29, 0.717) is 16.7 Å². The second-order valence-electron chi connectivity index (χ2n) is 9.80. The summed E-state index contributed by atoms with van der Waals surface area (Å²) in [5.41, 5.74) is 5.47. The van der Waals surface area contributed by atoms with Crippen LogP contribution in [0, 0.1) is 23.2 Å². The van der Waals surface area contributed by atoms with Crippen molar-refractivity contribution in [2.75, 3.05) is 6.26 Å². The normalized spacial score (nSPS) is 15.2. The van der Waals surface area contributed by atoms with Gasteiger partial charge in [0.05, 0.1) is 16.9 Å². The predicted octanol–water partition coefficient (Wildman–Crippen LogP) is 5.21. The van der Waals surface area contributed by atoms with E-state index >= 15 is 0 Å². The smallest absolute Gasteiger partial charge is 0.368 e. The summed E-state index contributed by atoms with van der Waals surface area (Å²) in [6.07, 6.45) is -3.71. The van der Waals surface area contributed by atoms with Crippen LogP contribution in [0.15, 0.2) is 83.8 Å². The molecule has 0 saturated carbocycles. The van der Waals surface area contributed by atoms with Crippen molar-refractivity contribution in [2.24, 2.45) is 17.6 Å². The van der Waals surface area contributed by atoms with E-state index < -0.39 is 45.3 Å². The first-order chi connectivity index (χ1) is 18.2. The van der Waals surface area contributed by atoms with Crippen LogP contribution < -0.4 is 11.1 Å². The average Bonchev–Trinajstić information content (AvgIpc) is 2.87. The first kappa shape index (κ1) is 29.9. The fraction of sp³-hybridized carbons (Fsp3) is 0.310. The van der Waals surface area contributed by atoms with Crippen molar-refractivity contribution in [1.82, 2.24) is 5.32 Å². The largest absolute Gasteiger partial charge is 0.407 e. The molecule has 0 fully saturated rings. The molecular formula is C29H30F3N3O3S. The van der Waals surface area contributed by atoms with Crippen LogP contribution in [0.1, 0.15) is 31.0 Å². The van der Waals surface area contributed by atoms with Crippen LogP contribution >= 0.6 is 0 Å². The quantitative estimate of drug-likeness (QED) is 0.355. The van der Waals surface area contributed by atoms with Crippen LogP contribution in [0.5, 0.6) is 0 Å². The number of nitriles is 1. The minimum absolute atomic E-state index is 0.0262. The van der Waals surface area contributed by atoms with E-state index in [9.17, 15) is 31.6 Å². The second-order valence-corrected chi connectivity index (χ2v) is 11.8. The molecule has 0 bridgehead atoms. The fourth-order valence-corrected chi connectivity index (χ4v) is 5.34. The molecule has 1 amide bonds. The van der Waals surface area contributed by atoms with Crippen molar-refractivity contribution in [2.45, 2.75) is 42.9 Å². The van der Waals surface area contributed by atoms with Gasteiger partial charge in [0.25, 0.3) is 0 Å². The van der Waals surface area contributed by atoms with Gasteiger partial charge in [0, 0.05) is 6.26 Å². The maximum absolute atomic E-state index is 14.5. The standard InChI is InChI=1S/C29H30F3N3O3S/c1-19(2)28(27(34)36,24(18-33)17-20-7-5-4-6-8-20)35-26(29(30,31)32)23-11-9-21(10-12-23)22-13-15-25(16-14-22)39(3,37)38/h4-16,19,24,26,35H,17H2,1-3H3,(H2,34,36)/t24-,26+,28?/m1/s1. The van der Waals surface area contributed by atoms with Crippen molar-refractivity contribution in [3.05, 3.63) is 90.0 Å². The Morgan fingerprint density at radius 2 is 1.46 bits per heavy atom. The lowest BCUT2D eigenvalue weighted by Gasteiger charge is -2.42. The number of nitrogens with zero attached hydrogens (tertiary/aromatic N) is 1. The Bertz CT molecular complexity index is 1430. The number of hydrogen-bond donors (Lipinski definition) is 2. The summed E-state index contributed by atoms with van der Waals surface area (Å²) in [5.74, 6) is -2.98. The zero-order chi connectivity index (χ0) is 29.0. The van der Waals surface area contributed by atoms with Gasteiger partial charge in [0.1, 0.15) is 11.6 Å². The number of alkyl halides is 3. The molecule has 0 aromatic heterocycles. The van der Waals surface area contributed by atoms with Crippen LogP contribution in [-0.2, 0) is 21.1 Å². The van der Waals surface area contributed by atoms with E-state index in [1.165, 1.54) is 36.4 Å². The predicted molar refractivity (Wildman–Crippen MR) is 143 cm³/mol. The SMILES string of the molecule is CC(C)C(N[C@@H](c1ccc(-c2ccc(S(C)(=O)=O)cc2)cc1)C(F)(F)F)(C(N)=O)[C@@H](C#N)Cc1ccccc1. The average molecular weight is 558 g/mol. The Kier molecular flexibility index (Phi) is 8.88. The maximum Gasteiger partial charge on any atom is 0.407 e. The zero-order valence-corrected chi connectivity index (χ0v) is 22.6. The summed E-state index contributed by atoms with van der Waals surface area (Å²) in [6, 6.07) is 20.0. The Labute approximate surface area is 226 Å². The van der Waals surface area contributed by atoms with Gasteiger partial charge in [-0.3, -0.25) is 10.1 Å². The Morgan fingerprint density at radius 3 is 1.87 bits per heavy atom. The molecule has 3 N–H and O–H groups in total. The molecule has 39 heavy (non-hydrogen) atoms. The molecule has 3 atom stereocenters. The van der Waals surface area contributed by atoms with Crippen LogP contribution in [0.4, 0.5) is 13.2 Å². The van der Waals surface area contributed by atoms with Crippen molar-refractivity contribution >= 4 is 15.7 Å². The first-order valence-corrected chi connectivity index (χ1v) is 14.1. The molecule has 0 radical (unpaired) electrons. The monoisotopic (exact) mass is 557 g/mol. The molecule has 10 heteroatoms. The van der Waals surface area contributed by atoms with E-state index in [4.69, 9.17) is 5.73 Å². The van der Waals surface area contributed by atoms with Gasteiger partial charge in [-0.2, -0.15) is 18.4 Å². The number of nitrogens with two attached hydrogens (primary N) is 1. The Hall–Kier alpha value is -3.68. The zero-order valence-electron chi connectivity index (χ0n) is 21.7. The van der Waals surface area contributed by atoms with Gasteiger partial charge in [-0.15, -0.1) is 0 Å². The van der Waals surface area contributed by atoms with Gasteiger partial charge in [0.15, 0.2) is 9.84 Å². The third-order valence-corrected chi connectivity index (χ3v) is 8.01. The summed E-state index contributed by atoms with van der Waals surface area (Å²) in [5, 5.41) is 12.5. The van der Waals surface area contributed by atoms with Gasteiger partial charge in [-0.05, 0) is 46.7 Å². The van der Waals surface area contributed by atoms with Gasteiger partial charge >= 0.3 is 6.18 Å². The van der Waals surface area contributed by atoms with E-state index in [0.717, 1.165) is 6.26 Å². The number of benzene rings is 3. The molecule has 0 aliphatic carbocycles. The molecule has 0 heterocycles. The highest BCUT2D eigenvalue weighted by molar-refractivity contribution is 7.90. The lowest BCUT2D eigenvalue weighted by molar-refractivity contribution is -0.168. The van der Waals surface area contributed by atoms with E-state index in [-0.39, 0.29) is 16.9 Å². The second kappa shape index (κ2) is 11.6. The highest BCUT2D eigenvalue weighted by atomic mass is 32.2. The maximum atomic E-state index is 14.5. The van der Waals surface area contributed by atoms with Crippen LogP contribution in [-0.4, -0.2) is 32.3 Å². The van der Waals surface area contributed by atoms with Gasteiger partial charge in [-0.1, -0.05) is 80.6 Å². The summed E-state index contributed by atoms with van der Waals surface area (Å²) in [6.45, 7) is 3.12. The van der Waals surface area contributed by atoms with Gasteiger partial charge in [0.2, 0.25) is 5.91 Å². The van der Waals surface area contributed by atoms with Gasteiger partial charge in [-0.25, -0.2) is 8.42 Å². The third kappa shape index (κ3) is 6.67. The lowest BCUT2D eigenvalue weighted by Crippen LogP contribution is -2.66. The number of hydrogen-bond acceptors (Lipinski definition) is 5. The Balaban J connectivity index is 2.01. The number of carbonyl (C=O) groups is 1. The van der Waals surface area contributed by atoms with Crippen molar-refractivity contribution in [3.8, 4) is 17.2 Å². The van der Waals surface area contributed by atoms with Crippen molar-refractivity contribution in [1.29, 1.82) is 5.26 Å². The highest BCUT2D eigenvalue weighted by Crippen LogP contribution is 2.39. The molecule has 3 aromatic carbocycles. The molecule has 1 unspecified atom stereocenters. The Morgan fingerprint density at radius 1 is 0.949 bits per heavy atom. The minimum atomic E-state index is -4.82. The summed E-state index contributed by atoms with van der Waals surface area (Å²) < 4.78 is 66.9. The van der Waals surface area contributed by atoms with Gasteiger partial charge < -0.3 is 5.73 Å². The van der Waals surface area contributed by atoms with Crippen molar-refractivity contribution in [3.63, 3.8) is 0 Å². The molecule has 0 aliphatic rings. The molecule has 0 spiro atoms. The van der Waals surface area contributed by atoms with E-state index in [1.807, 2.05) is 6.07 Å². The lowest BCUT2D eigenvalue weighted by atomic mass is 9.72. The minimum Gasteiger partial charge on any atom is -0.368 e. The summed E-state index contributed by atoms with van der Waals surface area (Å²) in [4.78, 5) is 13.0. The number of rotatable bonds is 10. The topological polar surface area (TPSA) is 113 Å². The molecule has 206 valence electrons. The van der Waals surface area contributed by atoms with E-state index in [1.54, 1.807) is 56.3 Å². The van der Waals surface area contributed by atoms with Crippen LogP contribution in [0.2, 0.25) is 0 Å². The number of amides is 1. The number of nitrogens with one attached hydrogen (secondary N) is 1. The summed E-state index contributed by atoms with van der Waals surface area (Å²) >= 11 is 0. The number of carbonyl (C=O) groups excluding carboxylic acids is 1. The van der Waals surface area contributed by atoms with Crippen LogP contribution in [0.25, 0.3) is 11.1 Å². The molecule has 0 aliphatic heterocycles. The number of primary amides is 1. The first-order valence-electron chi connectivity index (χ1n) is 12.2. The fourth-order valence-electron chi connectivity index (χ4n) is 4.71. The number of halogens is 3. The highest BCUT2D eigenvalue weighted by Gasteiger charge is 2.53. The molecular weight excluding hydrogens is 527 g/mol. The molecule has 3 rings (SSSR count). The number of sulfone groups is 1. The molecule has 6 nitrogen and oxygen atoms in total. The summed E-state index contributed by atoms with van der Waals surface area (Å²) in [7, 11) is -3.39. The molecule has 3 aromatic rings. The van der Waals surface area contributed by atoms with Crippen molar-refractivity contribution < 1.29 is 26.4 Å². The van der Waals surface area contributed by atoms with Crippen LogP contribution in [0.3, 0.4) is 0 Å².